The van der Waals surface area contributed by atoms with Crippen LogP contribution in [0.4, 0.5) is 5.69 Å². The maximum atomic E-state index is 11.2. The number of carbonyl (C=O) groups excluding carboxylic acids is 2. The molecule has 1 aromatic rings. The van der Waals surface area contributed by atoms with Gasteiger partial charge in [0.2, 0.25) is 5.91 Å². The van der Waals surface area contributed by atoms with Gasteiger partial charge in [-0.2, -0.15) is 0 Å². The number of carbonyl (C=O) groups is 2. The first kappa shape index (κ1) is 12.7. The van der Waals surface area contributed by atoms with Crippen molar-refractivity contribution >= 4 is 29.0 Å². The third-order valence-corrected chi connectivity index (χ3v) is 2.19. The molecule has 0 bridgehead atoms. The molecule has 0 aromatic heterocycles. The van der Waals surface area contributed by atoms with Crippen LogP contribution in [0.5, 0.6) is 0 Å². The van der Waals surface area contributed by atoms with Crippen LogP contribution in [0.15, 0.2) is 24.3 Å². The van der Waals surface area contributed by atoms with Crippen LogP contribution in [-0.2, 0) is 4.79 Å². The number of nitrogens with two attached hydrogens (primary N) is 1. The average Bonchev–Trinajstić information content (AvgIpc) is 2.29. The lowest BCUT2D eigenvalue weighted by Crippen LogP contribution is -2.14. The molecule has 1 aromatic carbocycles. The molecule has 0 aliphatic heterocycles. The van der Waals surface area contributed by atoms with Crippen molar-refractivity contribution in [1.82, 2.24) is 0 Å². The first-order chi connectivity index (χ1) is 7.67. The van der Waals surface area contributed by atoms with Crippen LogP contribution in [0.25, 0.3) is 0 Å². The van der Waals surface area contributed by atoms with Crippen molar-refractivity contribution in [2.75, 3.05) is 17.7 Å². The molecular formula is C11H13ClN2O2. The van der Waals surface area contributed by atoms with Crippen molar-refractivity contribution in [3.63, 3.8) is 0 Å². The molecule has 5 heteroatoms. The predicted molar refractivity (Wildman–Crippen MR) is 63.8 cm³/mol. The zero-order valence-electron chi connectivity index (χ0n) is 8.70. The Labute approximate surface area is 98.8 Å². The zero-order chi connectivity index (χ0) is 12.0. The lowest BCUT2D eigenvalue weighted by Gasteiger charge is -2.04. The normalized spacial score (nSPS) is 9.88. The molecular weight excluding hydrogens is 228 g/mol. The van der Waals surface area contributed by atoms with Gasteiger partial charge in [-0.3, -0.25) is 9.59 Å². The van der Waals surface area contributed by atoms with Crippen molar-refractivity contribution in [3.05, 3.63) is 29.8 Å². The molecule has 0 spiro atoms. The van der Waals surface area contributed by atoms with E-state index in [-0.39, 0.29) is 30.5 Å². The minimum Gasteiger partial charge on any atom is -0.326 e. The summed E-state index contributed by atoms with van der Waals surface area (Å²) >= 11 is 5.43. The summed E-state index contributed by atoms with van der Waals surface area (Å²) in [5.41, 5.74) is 6.41. The largest absolute Gasteiger partial charge is 0.326 e. The van der Waals surface area contributed by atoms with Gasteiger partial charge >= 0.3 is 0 Å². The molecule has 16 heavy (non-hydrogen) atoms. The van der Waals surface area contributed by atoms with E-state index in [0.717, 1.165) is 0 Å². The van der Waals surface area contributed by atoms with Gasteiger partial charge in [0.15, 0.2) is 5.78 Å². The highest BCUT2D eigenvalue weighted by Gasteiger charge is 2.04. The topological polar surface area (TPSA) is 72.2 Å². The van der Waals surface area contributed by atoms with E-state index in [9.17, 15) is 9.59 Å². The maximum Gasteiger partial charge on any atom is 0.225 e. The number of hydrogen-bond acceptors (Lipinski definition) is 3. The van der Waals surface area contributed by atoms with Crippen molar-refractivity contribution in [1.29, 1.82) is 0 Å². The van der Waals surface area contributed by atoms with E-state index in [4.69, 9.17) is 17.3 Å². The van der Waals surface area contributed by atoms with Gasteiger partial charge in [-0.1, -0.05) is 0 Å². The Hall–Kier alpha value is -1.39. The van der Waals surface area contributed by atoms with Crippen LogP contribution in [0.3, 0.4) is 0 Å². The number of halogens is 1. The van der Waals surface area contributed by atoms with Crippen LogP contribution in [0.1, 0.15) is 16.8 Å². The number of anilines is 1. The molecule has 0 unspecified atom stereocenters. The van der Waals surface area contributed by atoms with Crippen molar-refractivity contribution in [2.45, 2.75) is 6.42 Å². The van der Waals surface area contributed by atoms with E-state index in [1.807, 2.05) is 0 Å². The molecule has 3 N–H and O–H groups in total. The summed E-state index contributed by atoms with van der Waals surface area (Å²) in [6, 6.07) is 6.58. The molecule has 0 aliphatic rings. The molecule has 86 valence electrons. The summed E-state index contributed by atoms with van der Waals surface area (Å²) in [5.74, 6) is 0.0156. The van der Waals surface area contributed by atoms with Gasteiger partial charge in [-0.15, -0.1) is 11.6 Å². The quantitative estimate of drug-likeness (QED) is 0.604. The number of Topliss-reactive ketones (excluding diaryl/α,β-unsaturated/α-hetero) is 1. The van der Waals surface area contributed by atoms with Gasteiger partial charge in [0.1, 0.15) is 0 Å². The summed E-state index contributed by atoms with van der Waals surface area (Å²) in [5, 5.41) is 2.66. The Kier molecular flexibility index (Phi) is 4.95. The standard InChI is InChI=1S/C11H13ClN2O2/c12-6-5-11(16)14-9-3-1-8(2-4-9)10(15)7-13/h1-4H,5-7,13H2,(H,14,16). The molecule has 0 heterocycles. The first-order valence-electron chi connectivity index (χ1n) is 4.86. The smallest absolute Gasteiger partial charge is 0.225 e. The molecule has 0 aliphatic carbocycles. The van der Waals surface area contributed by atoms with Crippen molar-refractivity contribution < 1.29 is 9.59 Å². The van der Waals surface area contributed by atoms with Gasteiger partial charge in [0.05, 0.1) is 6.54 Å². The second kappa shape index (κ2) is 6.25. The average molecular weight is 241 g/mol. The van der Waals surface area contributed by atoms with E-state index in [2.05, 4.69) is 5.32 Å². The van der Waals surface area contributed by atoms with E-state index >= 15 is 0 Å². The Morgan fingerprint density at radius 2 is 1.88 bits per heavy atom. The summed E-state index contributed by atoms with van der Waals surface area (Å²) < 4.78 is 0. The number of benzene rings is 1. The highest BCUT2D eigenvalue weighted by molar-refractivity contribution is 6.19. The summed E-state index contributed by atoms with van der Waals surface area (Å²) in [6.45, 7) is -0.0159. The van der Waals surface area contributed by atoms with Crippen LogP contribution in [0.2, 0.25) is 0 Å². The fourth-order valence-corrected chi connectivity index (χ4v) is 1.34. The first-order valence-corrected chi connectivity index (χ1v) is 5.40. The highest BCUT2D eigenvalue weighted by atomic mass is 35.5. The minimum absolute atomic E-state index is 0.0159. The molecule has 4 nitrogen and oxygen atoms in total. The molecule has 0 radical (unpaired) electrons. The number of rotatable bonds is 5. The lowest BCUT2D eigenvalue weighted by atomic mass is 10.1. The van der Waals surface area contributed by atoms with Gasteiger partial charge in [-0.25, -0.2) is 0 Å². The molecule has 0 saturated heterocycles. The number of ketones is 1. The second-order valence-electron chi connectivity index (χ2n) is 3.19. The van der Waals surface area contributed by atoms with E-state index in [0.29, 0.717) is 11.3 Å². The Morgan fingerprint density at radius 3 is 2.38 bits per heavy atom. The summed E-state index contributed by atoms with van der Waals surface area (Å²) in [7, 11) is 0. The lowest BCUT2D eigenvalue weighted by molar-refractivity contribution is -0.115. The summed E-state index contributed by atoms with van der Waals surface area (Å²) in [4.78, 5) is 22.4. The van der Waals surface area contributed by atoms with E-state index in [1.54, 1.807) is 24.3 Å². The van der Waals surface area contributed by atoms with Gasteiger partial charge in [0, 0.05) is 23.6 Å². The van der Waals surface area contributed by atoms with Crippen molar-refractivity contribution in [2.24, 2.45) is 5.73 Å². The van der Waals surface area contributed by atoms with E-state index < -0.39 is 0 Å². The molecule has 0 fully saturated rings. The number of alkyl halides is 1. The molecule has 1 rings (SSSR count). The van der Waals surface area contributed by atoms with Crippen LogP contribution in [0, 0.1) is 0 Å². The second-order valence-corrected chi connectivity index (χ2v) is 3.57. The SMILES string of the molecule is NCC(=O)c1ccc(NC(=O)CCCl)cc1. The van der Waals surface area contributed by atoms with Crippen LogP contribution < -0.4 is 11.1 Å². The van der Waals surface area contributed by atoms with Gasteiger partial charge in [-0.05, 0) is 24.3 Å². The van der Waals surface area contributed by atoms with Crippen LogP contribution >= 0.6 is 11.6 Å². The van der Waals surface area contributed by atoms with Crippen molar-refractivity contribution in [3.8, 4) is 0 Å². The Bertz CT molecular complexity index is 376. The fourth-order valence-electron chi connectivity index (χ4n) is 1.17. The fraction of sp³-hybridized carbons (Fsp3) is 0.273. The monoisotopic (exact) mass is 240 g/mol. The minimum atomic E-state index is -0.145. The van der Waals surface area contributed by atoms with E-state index in [1.165, 1.54) is 0 Å². The zero-order valence-corrected chi connectivity index (χ0v) is 9.46. The highest BCUT2D eigenvalue weighted by Crippen LogP contribution is 2.10. The van der Waals surface area contributed by atoms with Crippen LogP contribution in [-0.4, -0.2) is 24.1 Å². The molecule has 0 saturated carbocycles. The summed E-state index contributed by atoms with van der Waals surface area (Å²) in [6.07, 6.45) is 0.269. The van der Waals surface area contributed by atoms with Gasteiger partial charge < -0.3 is 11.1 Å². The molecule has 1 amide bonds. The third kappa shape index (κ3) is 3.64. The third-order valence-electron chi connectivity index (χ3n) is 2.00. The number of amides is 1. The maximum absolute atomic E-state index is 11.2. The molecule has 0 atom stereocenters. The van der Waals surface area contributed by atoms with Gasteiger partial charge in [0.25, 0.3) is 0 Å². The number of hydrogen-bond donors (Lipinski definition) is 2. The number of nitrogens with one attached hydrogen (secondary N) is 1. The Morgan fingerprint density at radius 1 is 1.25 bits per heavy atom. The predicted octanol–water partition coefficient (Wildman–Crippen LogP) is 1.40. The Balaban J connectivity index is 2.64.